The van der Waals surface area contributed by atoms with Crippen molar-refractivity contribution >= 4 is 38.9 Å². The first-order valence-corrected chi connectivity index (χ1v) is 20.5. The van der Waals surface area contributed by atoms with Crippen LogP contribution in [-0.4, -0.2) is 4.57 Å². The Hall–Kier alpha value is -7.42. The highest BCUT2D eigenvalue weighted by atomic mass is 15.1. The van der Waals surface area contributed by atoms with Crippen molar-refractivity contribution < 1.29 is 0 Å². The summed E-state index contributed by atoms with van der Waals surface area (Å²) in [5.41, 5.74) is 19.4. The average Bonchev–Trinajstić information content (AvgIpc) is 3.75. The second-order valence-electron chi connectivity index (χ2n) is 16.2. The molecule has 1 heterocycles. The maximum atomic E-state index is 2.45. The van der Waals surface area contributed by atoms with Crippen molar-refractivity contribution in [1.29, 1.82) is 0 Å². The molecule has 2 heteroatoms. The largest absolute Gasteiger partial charge is 0.310 e. The number of anilines is 3. The minimum Gasteiger partial charge on any atom is -0.310 e. The summed E-state index contributed by atoms with van der Waals surface area (Å²) in [5, 5.41) is 2.53. The molecule has 0 saturated heterocycles. The molecule has 1 aliphatic carbocycles. The molecule has 0 N–H and O–H groups in total. The van der Waals surface area contributed by atoms with Gasteiger partial charge in [-0.15, -0.1) is 0 Å². The lowest BCUT2D eigenvalue weighted by atomic mass is 9.82. The van der Waals surface area contributed by atoms with Crippen LogP contribution in [0.4, 0.5) is 17.1 Å². The van der Waals surface area contributed by atoms with Crippen LogP contribution in [0.15, 0.2) is 218 Å². The van der Waals surface area contributed by atoms with Crippen molar-refractivity contribution in [2.45, 2.75) is 19.3 Å². The van der Waals surface area contributed by atoms with Crippen LogP contribution in [-0.2, 0) is 5.41 Å². The Morgan fingerprint density at radius 1 is 0.339 bits per heavy atom. The van der Waals surface area contributed by atoms with Crippen LogP contribution in [0, 0.1) is 0 Å². The molecule has 0 bridgehead atoms. The van der Waals surface area contributed by atoms with Gasteiger partial charge in [-0.3, -0.25) is 0 Å². The summed E-state index contributed by atoms with van der Waals surface area (Å²) in [6, 6.07) is 79.7. The average molecular weight is 755 g/mol. The number of benzene rings is 9. The van der Waals surface area contributed by atoms with E-state index in [1.54, 1.807) is 0 Å². The highest BCUT2D eigenvalue weighted by molar-refractivity contribution is 6.10. The number of nitrogens with zero attached hydrogens (tertiary/aromatic N) is 2. The summed E-state index contributed by atoms with van der Waals surface area (Å²) in [5.74, 6) is 0. The quantitative estimate of drug-likeness (QED) is 0.157. The molecule has 0 amide bonds. The van der Waals surface area contributed by atoms with Crippen LogP contribution in [0.1, 0.15) is 25.0 Å². The van der Waals surface area contributed by atoms with Crippen molar-refractivity contribution in [3.63, 3.8) is 0 Å². The van der Waals surface area contributed by atoms with E-state index in [0.717, 1.165) is 17.1 Å². The van der Waals surface area contributed by atoms with E-state index in [-0.39, 0.29) is 5.41 Å². The van der Waals surface area contributed by atoms with E-state index >= 15 is 0 Å². The van der Waals surface area contributed by atoms with E-state index in [0.29, 0.717) is 0 Å². The molecule has 0 unspecified atom stereocenters. The van der Waals surface area contributed by atoms with Crippen molar-refractivity contribution in [1.82, 2.24) is 4.57 Å². The van der Waals surface area contributed by atoms with E-state index in [2.05, 4.69) is 242 Å². The molecule has 1 aliphatic rings. The molecule has 0 spiro atoms. The van der Waals surface area contributed by atoms with Gasteiger partial charge in [0.25, 0.3) is 0 Å². The first-order valence-electron chi connectivity index (χ1n) is 20.5. The summed E-state index contributed by atoms with van der Waals surface area (Å²) >= 11 is 0. The van der Waals surface area contributed by atoms with Gasteiger partial charge < -0.3 is 9.47 Å². The zero-order valence-electron chi connectivity index (χ0n) is 33.2. The van der Waals surface area contributed by atoms with Crippen LogP contribution in [0.25, 0.3) is 72.0 Å². The van der Waals surface area contributed by atoms with Crippen LogP contribution >= 0.6 is 0 Å². The standard InChI is InChI=1S/C57H42N2/c1-57(2)53-37-47(58(45-27-22-42(23-28-45)39-14-6-3-7-15-39)46-29-24-43(25-30-46)40-16-8-4-9-17-40)31-33-49(53)50-34-32-48(38-54(50)57)59-55-21-13-12-20-51(55)52-36-44(26-35-56(52)59)41-18-10-5-11-19-41/h3-38H,1-2H3. The molecule has 10 aromatic rings. The third-order valence-corrected chi connectivity index (χ3v) is 12.4. The van der Waals surface area contributed by atoms with Crippen LogP contribution in [0.2, 0.25) is 0 Å². The number of fused-ring (bicyclic) bond motifs is 6. The Morgan fingerprint density at radius 3 is 1.37 bits per heavy atom. The molecule has 11 rings (SSSR count). The van der Waals surface area contributed by atoms with Gasteiger partial charge in [0.1, 0.15) is 0 Å². The van der Waals surface area contributed by atoms with E-state index in [1.807, 2.05) is 0 Å². The molecule has 59 heavy (non-hydrogen) atoms. The lowest BCUT2D eigenvalue weighted by molar-refractivity contribution is 0.660. The fourth-order valence-corrected chi connectivity index (χ4v) is 9.37. The maximum Gasteiger partial charge on any atom is 0.0541 e. The van der Waals surface area contributed by atoms with E-state index in [9.17, 15) is 0 Å². The first-order chi connectivity index (χ1) is 29.0. The SMILES string of the molecule is CC1(C)c2cc(N(c3ccc(-c4ccccc4)cc3)c3ccc(-c4ccccc4)cc3)ccc2-c2ccc(-n3c4ccccc4c4cc(-c5ccccc5)ccc43)cc21. The third kappa shape index (κ3) is 5.87. The Morgan fingerprint density at radius 2 is 0.780 bits per heavy atom. The predicted molar refractivity (Wildman–Crippen MR) is 249 cm³/mol. The van der Waals surface area contributed by atoms with Gasteiger partial charge in [0.2, 0.25) is 0 Å². The molecular weight excluding hydrogens is 713 g/mol. The molecule has 0 aliphatic heterocycles. The van der Waals surface area contributed by atoms with Gasteiger partial charge in [0.05, 0.1) is 11.0 Å². The normalized spacial score (nSPS) is 12.7. The predicted octanol–water partition coefficient (Wildman–Crippen LogP) is 15.6. The second-order valence-corrected chi connectivity index (χ2v) is 16.2. The topological polar surface area (TPSA) is 8.17 Å². The number of aromatic nitrogens is 1. The number of para-hydroxylation sites is 1. The first kappa shape index (κ1) is 34.8. The molecule has 280 valence electrons. The minimum absolute atomic E-state index is 0.226. The summed E-state index contributed by atoms with van der Waals surface area (Å²) in [6.07, 6.45) is 0. The zero-order valence-corrected chi connectivity index (χ0v) is 33.2. The molecule has 2 nitrogen and oxygen atoms in total. The summed E-state index contributed by atoms with van der Waals surface area (Å²) in [4.78, 5) is 2.40. The van der Waals surface area contributed by atoms with Gasteiger partial charge in [-0.1, -0.05) is 166 Å². The maximum absolute atomic E-state index is 2.45. The fourth-order valence-electron chi connectivity index (χ4n) is 9.37. The summed E-state index contributed by atoms with van der Waals surface area (Å²) in [6.45, 7) is 4.77. The van der Waals surface area contributed by atoms with Gasteiger partial charge in [0.15, 0.2) is 0 Å². The number of hydrogen-bond acceptors (Lipinski definition) is 1. The fraction of sp³-hybridized carbons (Fsp3) is 0.0526. The molecule has 0 fully saturated rings. The number of rotatable bonds is 7. The van der Waals surface area contributed by atoms with Crippen molar-refractivity contribution in [3.8, 4) is 50.2 Å². The molecule has 0 atom stereocenters. The van der Waals surface area contributed by atoms with E-state index in [4.69, 9.17) is 0 Å². The van der Waals surface area contributed by atoms with Gasteiger partial charge in [-0.25, -0.2) is 0 Å². The Labute approximate surface area is 345 Å². The summed E-state index contributed by atoms with van der Waals surface area (Å²) in [7, 11) is 0. The summed E-state index contributed by atoms with van der Waals surface area (Å²) < 4.78 is 2.45. The Kier molecular flexibility index (Phi) is 8.20. The highest BCUT2D eigenvalue weighted by Crippen LogP contribution is 2.52. The van der Waals surface area contributed by atoms with E-state index in [1.165, 1.54) is 83.1 Å². The van der Waals surface area contributed by atoms with Gasteiger partial charge >= 0.3 is 0 Å². The second kappa shape index (κ2) is 13.9. The molecule has 0 radical (unpaired) electrons. The van der Waals surface area contributed by atoms with Crippen LogP contribution < -0.4 is 4.90 Å². The molecule has 1 aromatic heterocycles. The molecule has 0 saturated carbocycles. The van der Waals surface area contributed by atoms with Crippen molar-refractivity contribution in [2.75, 3.05) is 4.90 Å². The van der Waals surface area contributed by atoms with Crippen LogP contribution in [0.3, 0.4) is 0 Å². The Balaban J connectivity index is 1.00. The molecular formula is C57H42N2. The lowest BCUT2D eigenvalue weighted by Gasteiger charge is -2.28. The minimum atomic E-state index is -0.226. The Bertz CT molecular complexity index is 3060. The van der Waals surface area contributed by atoms with Gasteiger partial charge in [0, 0.05) is 38.9 Å². The van der Waals surface area contributed by atoms with Crippen molar-refractivity contribution in [3.05, 3.63) is 230 Å². The zero-order chi connectivity index (χ0) is 39.5. The van der Waals surface area contributed by atoms with Crippen molar-refractivity contribution in [2.24, 2.45) is 0 Å². The molecule has 9 aromatic carbocycles. The smallest absolute Gasteiger partial charge is 0.0541 e. The van der Waals surface area contributed by atoms with Crippen LogP contribution in [0.5, 0.6) is 0 Å². The van der Waals surface area contributed by atoms with Gasteiger partial charge in [-0.05, 0) is 122 Å². The monoisotopic (exact) mass is 754 g/mol. The number of hydrogen-bond donors (Lipinski definition) is 0. The third-order valence-electron chi connectivity index (χ3n) is 12.4. The van der Waals surface area contributed by atoms with Gasteiger partial charge in [-0.2, -0.15) is 0 Å². The van der Waals surface area contributed by atoms with E-state index < -0.39 is 0 Å². The lowest BCUT2D eigenvalue weighted by Crippen LogP contribution is -2.17. The highest BCUT2D eigenvalue weighted by Gasteiger charge is 2.36.